The molecule has 17 heavy (non-hydrogen) atoms. The van der Waals surface area contributed by atoms with E-state index in [1.54, 1.807) is 7.11 Å². The number of aryl methyl sites for hydroxylation is 1. The Morgan fingerprint density at radius 1 is 1.29 bits per heavy atom. The summed E-state index contributed by atoms with van der Waals surface area (Å²) >= 11 is 0. The molecule has 0 atom stereocenters. The van der Waals surface area contributed by atoms with Gasteiger partial charge in [0.1, 0.15) is 5.75 Å². The SMILES string of the molecule is COc1ccc2cc(CC(=O)O)cc(C)c2c1. The first-order chi connectivity index (χ1) is 8.10. The Labute approximate surface area is 99.6 Å². The van der Waals surface area contributed by atoms with Crippen molar-refractivity contribution in [3.05, 3.63) is 41.5 Å². The number of benzene rings is 2. The largest absolute Gasteiger partial charge is 0.497 e. The molecule has 0 radical (unpaired) electrons. The van der Waals surface area contributed by atoms with Crippen LogP contribution < -0.4 is 4.74 Å². The van der Waals surface area contributed by atoms with E-state index in [1.807, 2.05) is 37.3 Å². The zero-order valence-electron chi connectivity index (χ0n) is 9.86. The van der Waals surface area contributed by atoms with E-state index in [1.165, 1.54) is 0 Å². The van der Waals surface area contributed by atoms with Crippen LogP contribution in [0.3, 0.4) is 0 Å². The minimum Gasteiger partial charge on any atom is -0.497 e. The van der Waals surface area contributed by atoms with Crippen LogP contribution in [0.2, 0.25) is 0 Å². The predicted octanol–water partition coefficient (Wildman–Crippen LogP) is 2.78. The lowest BCUT2D eigenvalue weighted by Gasteiger charge is -2.07. The van der Waals surface area contributed by atoms with Gasteiger partial charge in [0.15, 0.2) is 0 Å². The highest BCUT2D eigenvalue weighted by atomic mass is 16.5. The zero-order valence-corrected chi connectivity index (χ0v) is 9.86. The van der Waals surface area contributed by atoms with E-state index >= 15 is 0 Å². The Balaban J connectivity index is 2.55. The number of carboxylic acid groups (broad SMARTS) is 1. The molecule has 0 heterocycles. The van der Waals surface area contributed by atoms with Gasteiger partial charge in [-0.25, -0.2) is 0 Å². The molecule has 3 nitrogen and oxygen atoms in total. The molecular weight excluding hydrogens is 216 g/mol. The first-order valence-electron chi connectivity index (χ1n) is 5.39. The molecule has 3 heteroatoms. The van der Waals surface area contributed by atoms with E-state index in [9.17, 15) is 4.79 Å². The Morgan fingerprint density at radius 2 is 2.06 bits per heavy atom. The number of aliphatic carboxylic acids is 1. The molecule has 0 saturated carbocycles. The van der Waals surface area contributed by atoms with Crippen LogP contribution in [0.5, 0.6) is 5.75 Å². The van der Waals surface area contributed by atoms with Crippen molar-refractivity contribution in [3.63, 3.8) is 0 Å². The fraction of sp³-hybridized carbons (Fsp3) is 0.214. The number of hydrogen-bond donors (Lipinski definition) is 1. The Hall–Kier alpha value is -2.03. The second-order valence-corrected chi connectivity index (χ2v) is 4.07. The van der Waals surface area contributed by atoms with Gasteiger partial charge in [-0.2, -0.15) is 0 Å². The van der Waals surface area contributed by atoms with E-state index in [0.717, 1.165) is 27.6 Å². The molecule has 0 aliphatic rings. The van der Waals surface area contributed by atoms with Crippen LogP contribution in [0.1, 0.15) is 11.1 Å². The maximum Gasteiger partial charge on any atom is 0.307 e. The first kappa shape index (κ1) is 11.5. The molecule has 0 unspecified atom stereocenters. The summed E-state index contributed by atoms with van der Waals surface area (Å²) in [6.07, 6.45) is 0.0583. The monoisotopic (exact) mass is 230 g/mol. The van der Waals surface area contributed by atoms with Crippen molar-refractivity contribution in [2.75, 3.05) is 7.11 Å². The number of ether oxygens (including phenoxy) is 1. The topological polar surface area (TPSA) is 46.5 Å². The third kappa shape index (κ3) is 2.38. The highest BCUT2D eigenvalue weighted by Crippen LogP contribution is 2.25. The number of methoxy groups -OCH3 is 1. The van der Waals surface area contributed by atoms with Gasteiger partial charge in [-0.05, 0) is 41.0 Å². The van der Waals surface area contributed by atoms with Crippen molar-refractivity contribution >= 4 is 16.7 Å². The molecule has 0 aliphatic carbocycles. The van der Waals surface area contributed by atoms with E-state index < -0.39 is 5.97 Å². The van der Waals surface area contributed by atoms with Crippen LogP contribution in [0.25, 0.3) is 10.8 Å². The quantitative estimate of drug-likeness (QED) is 0.881. The molecule has 0 amide bonds. The van der Waals surface area contributed by atoms with Crippen molar-refractivity contribution < 1.29 is 14.6 Å². The lowest BCUT2D eigenvalue weighted by atomic mass is 10.00. The molecule has 0 bridgehead atoms. The van der Waals surface area contributed by atoms with Gasteiger partial charge in [-0.15, -0.1) is 0 Å². The molecular formula is C14H14O3. The number of rotatable bonds is 3. The van der Waals surface area contributed by atoms with Crippen molar-refractivity contribution in [3.8, 4) is 5.75 Å². The summed E-state index contributed by atoms with van der Waals surface area (Å²) in [4.78, 5) is 10.7. The van der Waals surface area contributed by atoms with Crippen molar-refractivity contribution in [2.24, 2.45) is 0 Å². The molecule has 2 aromatic rings. The van der Waals surface area contributed by atoms with Crippen molar-refractivity contribution in [2.45, 2.75) is 13.3 Å². The highest BCUT2D eigenvalue weighted by Gasteiger charge is 2.05. The van der Waals surface area contributed by atoms with Gasteiger partial charge in [-0.3, -0.25) is 4.79 Å². The lowest BCUT2D eigenvalue weighted by Crippen LogP contribution is -2.00. The van der Waals surface area contributed by atoms with Crippen LogP contribution in [0, 0.1) is 6.92 Å². The van der Waals surface area contributed by atoms with Crippen LogP contribution in [0.15, 0.2) is 30.3 Å². The second-order valence-electron chi connectivity index (χ2n) is 4.07. The fourth-order valence-corrected chi connectivity index (χ4v) is 2.00. The summed E-state index contributed by atoms with van der Waals surface area (Å²) in [6, 6.07) is 9.62. The van der Waals surface area contributed by atoms with E-state index in [4.69, 9.17) is 9.84 Å². The van der Waals surface area contributed by atoms with Crippen LogP contribution in [0.4, 0.5) is 0 Å². The summed E-state index contributed by atoms with van der Waals surface area (Å²) in [5.74, 6) is 0.00356. The molecule has 0 aromatic heterocycles. The van der Waals surface area contributed by atoms with E-state index in [0.29, 0.717) is 0 Å². The predicted molar refractivity (Wildman–Crippen MR) is 66.6 cm³/mol. The summed E-state index contributed by atoms with van der Waals surface area (Å²) in [5, 5.41) is 10.9. The normalized spacial score (nSPS) is 10.5. The fourth-order valence-electron chi connectivity index (χ4n) is 2.00. The van der Waals surface area contributed by atoms with Gasteiger partial charge in [0.05, 0.1) is 13.5 Å². The molecule has 0 saturated heterocycles. The molecule has 0 fully saturated rings. The standard InChI is InChI=1S/C14H14O3/c1-9-5-10(7-14(15)16)6-11-3-4-12(17-2)8-13(9)11/h3-6,8H,7H2,1-2H3,(H,15,16). The van der Waals surface area contributed by atoms with Gasteiger partial charge in [0.2, 0.25) is 0 Å². The molecule has 0 spiro atoms. The molecule has 88 valence electrons. The number of carboxylic acids is 1. The van der Waals surface area contributed by atoms with E-state index in [-0.39, 0.29) is 6.42 Å². The van der Waals surface area contributed by atoms with Crippen LogP contribution >= 0.6 is 0 Å². The van der Waals surface area contributed by atoms with Crippen LogP contribution in [-0.2, 0) is 11.2 Å². The van der Waals surface area contributed by atoms with E-state index in [2.05, 4.69) is 0 Å². The maximum absolute atomic E-state index is 10.7. The maximum atomic E-state index is 10.7. The van der Waals surface area contributed by atoms with Gasteiger partial charge >= 0.3 is 5.97 Å². The van der Waals surface area contributed by atoms with Gasteiger partial charge in [-0.1, -0.05) is 18.2 Å². The average Bonchev–Trinajstić information content (AvgIpc) is 2.28. The highest BCUT2D eigenvalue weighted by molar-refractivity contribution is 5.88. The minimum absolute atomic E-state index is 0.0583. The van der Waals surface area contributed by atoms with Gasteiger partial charge in [0.25, 0.3) is 0 Å². The Morgan fingerprint density at radius 3 is 2.71 bits per heavy atom. The first-order valence-corrected chi connectivity index (χ1v) is 5.39. The summed E-state index contributed by atoms with van der Waals surface area (Å²) < 4.78 is 5.18. The smallest absolute Gasteiger partial charge is 0.307 e. The molecule has 2 aromatic carbocycles. The third-order valence-corrected chi connectivity index (χ3v) is 2.78. The van der Waals surface area contributed by atoms with Gasteiger partial charge in [0, 0.05) is 0 Å². The zero-order chi connectivity index (χ0) is 12.4. The van der Waals surface area contributed by atoms with Gasteiger partial charge < -0.3 is 9.84 Å². The Kier molecular flexibility index (Phi) is 3.00. The summed E-state index contributed by atoms with van der Waals surface area (Å²) in [5.41, 5.74) is 1.89. The molecule has 2 rings (SSSR count). The number of carbonyl (C=O) groups is 1. The summed E-state index contributed by atoms with van der Waals surface area (Å²) in [6.45, 7) is 1.98. The molecule has 1 N–H and O–H groups in total. The average molecular weight is 230 g/mol. The lowest BCUT2D eigenvalue weighted by molar-refractivity contribution is -0.136. The van der Waals surface area contributed by atoms with Crippen LogP contribution in [-0.4, -0.2) is 18.2 Å². The minimum atomic E-state index is -0.808. The van der Waals surface area contributed by atoms with Crippen molar-refractivity contribution in [1.29, 1.82) is 0 Å². The summed E-state index contributed by atoms with van der Waals surface area (Å²) in [7, 11) is 1.63. The Bertz CT molecular complexity index is 573. The number of hydrogen-bond acceptors (Lipinski definition) is 2. The number of fused-ring (bicyclic) bond motifs is 1. The third-order valence-electron chi connectivity index (χ3n) is 2.78. The second kappa shape index (κ2) is 4.45. The molecule has 0 aliphatic heterocycles. The van der Waals surface area contributed by atoms with Crippen molar-refractivity contribution in [1.82, 2.24) is 0 Å².